The fraction of sp³-hybridized carbons (Fsp3) is 0.286. The number of nitrogens with zero attached hydrogens (tertiary/aromatic N) is 2. The predicted molar refractivity (Wildman–Crippen MR) is 97.1 cm³/mol. The van der Waals surface area contributed by atoms with Gasteiger partial charge < -0.3 is 20.1 Å². The molecule has 0 saturated carbocycles. The van der Waals surface area contributed by atoms with Gasteiger partial charge in [-0.1, -0.05) is 23.2 Å². The van der Waals surface area contributed by atoms with E-state index in [2.05, 4.69) is 26.0 Å². The van der Waals surface area contributed by atoms with E-state index >= 15 is 0 Å². The molecule has 0 atom stereocenters. The van der Waals surface area contributed by atoms with E-state index in [-0.39, 0.29) is 51.2 Å². The van der Waals surface area contributed by atoms with Crippen LogP contribution in [0, 0.1) is 10.1 Å². The van der Waals surface area contributed by atoms with Crippen molar-refractivity contribution >= 4 is 62.4 Å². The second kappa shape index (κ2) is 8.21. The van der Waals surface area contributed by atoms with Gasteiger partial charge in [0.05, 0.1) is 45.3 Å². The minimum absolute atomic E-state index is 0.00218. The Morgan fingerprint density at radius 1 is 1.54 bits per heavy atom. The Hall–Kier alpha value is -1.88. The molecule has 0 aromatic heterocycles. The summed E-state index contributed by atoms with van der Waals surface area (Å²) in [6.07, 6.45) is 0. The van der Waals surface area contributed by atoms with E-state index in [0.29, 0.717) is 0 Å². The predicted octanol–water partition coefficient (Wildman–Crippen LogP) is 2.34. The second-order valence-corrected chi connectivity index (χ2v) is 6.64. The van der Waals surface area contributed by atoms with E-state index in [1.54, 1.807) is 0 Å². The summed E-state index contributed by atoms with van der Waals surface area (Å²) < 4.78 is 4.72. The number of hydrogen-bond acceptors (Lipinski definition) is 7. The maximum Gasteiger partial charge on any atom is 0.337 e. The Bertz CT molecular complexity index is 829. The number of nitrogens with one attached hydrogen (secondary N) is 1. The highest BCUT2D eigenvalue weighted by atomic mass is 79.9. The van der Waals surface area contributed by atoms with Crippen LogP contribution in [0.1, 0.15) is 0 Å². The first-order chi connectivity index (χ1) is 12.2. The Morgan fingerprint density at radius 3 is 2.73 bits per heavy atom. The molecule has 2 rings (SSSR count). The van der Waals surface area contributed by atoms with Gasteiger partial charge in [0.2, 0.25) is 0 Å². The largest absolute Gasteiger partial charge is 0.466 e. The van der Waals surface area contributed by atoms with Gasteiger partial charge >= 0.3 is 5.97 Å². The zero-order valence-electron chi connectivity index (χ0n) is 13.2. The third-order valence-corrected chi connectivity index (χ3v) is 5.35. The molecule has 0 unspecified atom stereocenters. The van der Waals surface area contributed by atoms with Gasteiger partial charge in [0.15, 0.2) is 0 Å². The highest BCUT2D eigenvalue weighted by Crippen LogP contribution is 2.43. The fourth-order valence-corrected chi connectivity index (χ4v) is 3.30. The third kappa shape index (κ3) is 3.78. The molecule has 140 valence electrons. The van der Waals surface area contributed by atoms with Gasteiger partial charge in [0.25, 0.3) is 11.6 Å². The minimum atomic E-state index is -0.778. The number of halogens is 3. The fourth-order valence-electron chi connectivity index (χ4n) is 2.32. The van der Waals surface area contributed by atoms with Crippen molar-refractivity contribution in [2.75, 3.05) is 32.1 Å². The van der Waals surface area contributed by atoms with Gasteiger partial charge in [0, 0.05) is 12.6 Å². The van der Waals surface area contributed by atoms with Crippen LogP contribution in [0.2, 0.25) is 10.0 Å². The van der Waals surface area contributed by atoms with E-state index < -0.39 is 22.5 Å². The minimum Gasteiger partial charge on any atom is -0.466 e. The summed E-state index contributed by atoms with van der Waals surface area (Å²) in [5.41, 5.74) is -0.817. The lowest BCUT2D eigenvalue weighted by atomic mass is 10.2. The lowest BCUT2D eigenvalue weighted by Gasteiger charge is -2.15. The van der Waals surface area contributed by atoms with Crippen LogP contribution in [-0.2, 0) is 14.3 Å². The number of benzene rings is 1. The summed E-state index contributed by atoms with van der Waals surface area (Å²) in [5, 5.41) is 22.9. The summed E-state index contributed by atoms with van der Waals surface area (Å²) >= 11 is 15.0. The van der Waals surface area contributed by atoms with Gasteiger partial charge in [-0.2, -0.15) is 0 Å². The zero-order valence-corrected chi connectivity index (χ0v) is 16.3. The summed E-state index contributed by atoms with van der Waals surface area (Å²) in [5.74, 6) is -1.40. The van der Waals surface area contributed by atoms with Crippen molar-refractivity contribution in [3.8, 4) is 0 Å². The summed E-state index contributed by atoms with van der Waals surface area (Å²) in [6.45, 7) is -0.444. The average Bonchev–Trinajstić information content (AvgIpc) is 2.90. The van der Waals surface area contributed by atoms with Crippen LogP contribution in [0.15, 0.2) is 21.8 Å². The van der Waals surface area contributed by atoms with Crippen molar-refractivity contribution < 1.29 is 24.4 Å². The Labute approximate surface area is 165 Å². The van der Waals surface area contributed by atoms with Crippen molar-refractivity contribution in [1.82, 2.24) is 4.90 Å². The van der Waals surface area contributed by atoms with Crippen molar-refractivity contribution in [2.45, 2.75) is 0 Å². The monoisotopic (exact) mass is 467 g/mol. The quantitative estimate of drug-likeness (QED) is 0.284. The molecule has 1 heterocycles. The molecule has 0 fully saturated rings. The molecule has 0 aliphatic carbocycles. The molecule has 0 bridgehead atoms. The van der Waals surface area contributed by atoms with Crippen LogP contribution >= 0.6 is 39.1 Å². The first-order valence-electron chi connectivity index (χ1n) is 7.03. The van der Waals surface area contributed by atoms with Gasteiger partial charge in [-0.3, -0.25) is 14.9 Å². The smallest absolute Gasteiger partial charge is 0.337 e. The van der Waals surface area contributed by atoms with Crippen molar-refractivity contribution in [2.24, 2.45) is 0 Å². The zero-order chi connectivity index (χ0) is 19.6. The molecule has 1 aromatic rings. The molecule has 0 spiro atoms. The number of esters is 1. The van der Waals surface area contributed by atoms with Gasteiger partial charge in [-0.05, 0) is 15.9 Å². The second-order valence-electron chi connectivity index (χ2n) is 5.06. The van der Waals surface area contributed by atoms with Crippen LogP contribution in [0.5, 0.6) is 0 Å². The molecule has 12 heteroatoms. The highest BCUT2D eigenvalue weighted by molar-refractivity contribution is 9.10. The van der Waals surface area contributed by atoms with Crippen LogP contribution in [0.25, 0.3) is 0 Å². The van der Waals surface area contributed by atoms with Crippen LogP contribution in [0.4, 0.5) is 11.4 Å². The number of carbonyl (C=O) groups excluding carboxylic acids is 2. The summed E-state index contributed by atoms with van der Waals surface area (Å²) in [4.78, 5) is 36.3. The molecule has 26 heavy (non-hydrogen) atoms. The molecular weight excluding hydrogens is 457 g/mol. The normalized spacial score (nSPS) is 14.0. The Kier molecular flexibility index (Phi) is 6.45. The van der Waals surface area contributed by atoms with Crippen LogP contribution < -0.4 is 5.32 Å². The number of nitro benzene ring substituents is 1. The molecular formula is C14H12BrCl2N3O6. The Morgan fingerprint density at radius 2 is 2.19 bits per heavy atom. The van der Waals surface area contributed by atoms with Crippen LogP contribution in [0.3, 0.4) is 0 Å². The summed E-state index contributed by atoms with van der Waals surface area (Å²) in [7, 11) is 1.14. The maximum atomic E-state index is 12.5. The molecule has 1 aliphatic heterocycles. The number of aliphatic hydroxyl groups excluding tert-OH is 1. The molecule has 9 nitrogen and oxygen atoms in total. The number of β-amino-alcohol motifs (C(OH)–C–C–N with tert-alkyl or cyclic N) is 1. The van der Waals surface area contributed by atoms with Crippen molar-refractivity contribution in [1.29, 1.82) is 0 Å². The van der Waals surface area contributed by atoms with Gasteiger partial charge in [-0.25, -0.2) is 4.79 Å². The number of anilines is 1. The number of amides is 1. The number of rotatable bonds is 6. The standard InChI is InChI=1S/C14H12BrCl2N3O6/c1-26-14(23)6-5-19(2-3-21)13(22)11(6)18-12-8(20(24)25)4-7(16)10(17)9(12)15/h4,18,21H,2-3,5H2,1H3. The molecule has 1 aromatic carbocycles. The first-order valence-corrected chi connectivity index (χ1v) is 8.58. The molecule has 2 N–H and O–H groups in total. The number of nitro groups is 1. The van der Waals surface area contributed by atoms with E-state index in [9.17, 15) is 19.7 Å². The molecule has 0 radical (unpaired) electrons. The number of ether oxygens (including phenoxy) is 1. The van der Waals surface area contributed by atoms with Crippen molar-refractivity contribution in [3.63, 3.8) is 0 Å². The Balaban J connectivity index is 2.57. The summed E-state index contributed by atoms with van der Waals surface area (Å²) in [6, 6.07) is 1.03. The average molecular weight is 469 g/mol. The van der Waals surface area contributed by atoms with Gasteiger partial charge in [0.1, 0.15) is 11.4 Å². The lowest BCUT2D eigenvalue weighted by molar-refractivity contribution is -0.384. The van der Waals surface area contributed by atoms with Gasteiger partial charge in [-0.15, -0.1) is 0 Å². The molecule has 1 amide bonds. The van der Waals surface area contributed by atoms with E-state index in [0.717, 1.165) is 13.2 Å². The highest BCUT2D eigenvalue weighted by Gasteiger charge is 2.36. The van der Waals surface area contributed by atoms with E-state index in [4.69, 9.17) is 28.3 Å². The van der Waals surface area contributed by atoms with Crippen LogP contribution in [-0.4, -0.2) is 53.6 Å². The number of aliphatic hydroxyl groups is 1. The topological polar surface area (TPSA) is 122 Å². The molecule has 1 aliphatic rings. The number of methoxy groups -OCH3 is 1. The number of hydrogen-bond donors (Lipinski definition) is 2. The SMILES string of the molecule is COC(=O)C1=C(Nc2c([N+](=O)[O-])cc(Cl)c(Cl)c2Br)C(=O)N(CCO)C1. The molecule has 0 saturated heterocycles. The third-order valence-electron chi connectivity index (χ3n) is 3.54. The lowest BCUT2D eigenvalue weighted by Crippen LogP contribution is -2.31. The maximum absolute atomic E-state index is 12.5. The van der Waals surface area contributed by atoms with E-state index in [1.807, 2.05) is 0 Å². The van der Waals surface area contributed by atoms with Crippen molar-refractivity contribution in [3.05, 3.63) is 42.0 Å². The van der Waals surface area contributed by atoms with E-state index in [1.165, 1.54) is 4.90 Å². The number of carbonyl (C=O) groups is 2. The first kappa shape index (κ1) is 20.4.